The van der Waals surface area contributed by atoms with Crippen LogP contribution in [0.15, 0.2) is 23.9 Å². The molecule has 3 rings (SSSR count). The Morgan fingerprint density at radius 3 is 2.69 bits per heavy atom. The van der Waals surface area contributed by atoms with Crippen LogP contribution < -0.4 is 14.9 Å². The molecular formula is C16H20N2O7S. The Hall–Kier alpha value is -2.30. The zero-order chi connectivity index (χ0) is 19.1. The Labute approximate surface area is 151 Å². The highest BCUT2D eigenvalue weighted by atomic mass is 32.2. The highest BCUT2D eigenvalue weighted by Gasteiger charge is 2.44. The molecule has 2 heterocycles. The van der Waals surface area contributed by atoms with E-state index in [-0.39, 0.29) is 29.4 Å². The number of nitrogens with one attached hydrogen (secondary N) is 1. The first-order chi connectivity index (χ1) is 12.3. The van der Waals surface area contributed by atoms with Gasteiger partial charge >= 0.3 is 0 Å². The van der Waals surface area contributed by atoms with E-state index in [0.29, 0.717) is 6.42 Å². The highest BCUT2D eigenvalue weighted by molar-refractivity contribution is 7.86. The van der Waals surface area contributed by atoms with Gasteiger partial charge < -0.3 is 19.8 Å². The van der Waals surface area contributed by atoms with Crippen LogP contribution in [0.1, 0.15) is 30.6 Å². The lowest BCUT2D eigenvalue weighted by atomic mass is 10.1. The van der Waals surface area contributed by atoms with Gasteiger partial charge in [0.25, 0.3) is 16.0 Å². The standard InChI is InChI=1S/C16H20N2O7S/c1-4-24-25-14-7-11-10(6-13(14)23-3)16(19)18-8-9(2)5-12(18)15(17-11)26(20,21)22/h6-8,12,15,17H,4-5H2,1-3H3,(H,20,21,22)/t12-,15?/m0/s1. The van der Waals surface area contributed by atoms with Gasteiger partial charge in [-0.05, 0) is 26.3 Å². The maximum absolute atomic E-state index is 13.0. The molecule has 0 radical (unpaired) electrons. The number of fused-ring (bicyclic) bond motifs is 2. The van der Waals surface area contributed by atoms with Crippen LogP contribution in [-0.2, 0) is 15.0 Å². The van der Waals surface area contributed by atoms with Crippen LogP contribution >= 0.6 is 0 Å². The van der Waals surface area contributed by atoms with Crippen molar-refractivity contribution in [1.82, 2.24) is 4.90 Å². The van der Waals surface area contributed by atoms with E-state index in [4.69, 9.17) is 14.5 Å². The van der Waals surface area contributed by atoms with E-state index < -0.39 is 27.4 Å². The third-order valence-electron chi connectivity index (χ3n) is 4.25. The van der Waals surface area contributed by atoms with E-state index in [2.05, 4.69) is 5.32 Å². The zero-order valence-corrected chi connectivity index (χ0v) is 15.4. The Morgan fingerprint density at radius 2 is 2.08 bits per heavy atom. The molecule has 9 nitrogen and oxygen atoms in total. The van der Waals surface area contributed by atoms with Crippen molar-refractivity contribution in [2.24, 2.45) is 0 Å². The summed E-state index contributed by atoms with van der Waals surface area (Å²) < 4.78 is 38.8. The van der Waals surface area contributed by atoms with Crippen molar-refractivity contribution < 1.29 is 32.3 Å². The van der Waals surface area contributed by atoms with E-state index in [1.807, 2.05) is 0 Å². The summed E-state index contributed by atoms with van der Waals surface area (Å²) in [5.41, 5.74) is 1.24. The van der Waals surface area contributed by atoms with Crippen molar-refractivity contribution in [1.29, 1.82) is 0 Å². The monoisotopic (exact) mass is 384 g/mol. The first kappa shape index (κ1) is 18.5. The lowest BCUT2D eigenvalue weighted by Crippen LogP contribution is -2.46. The van der Waals surface area contributed by atoms with Crippen LogP contribution in [-0.4, -0.2) is 48.9 Å². The van der Waals surface area contributed by atoms with Gasteiger partial charge in [0.05, 0.1) is 31.0 Å². The molecule has 0 aliphatic carbocycles. The lowest BCUT2D eigenvalue weighted by Gasteiger charge is -2.26. The van der Waals surface area contributed by atoms with Crippen LogP contribution in [0.3, 0.4) is 0 Å². The number of carbonyl (C=O) groups excluding carboxylic acids is 1. The van der Waals surface area contributed by atoms with E-state index in [9.17, 15) is 17.8 Å². The number of nitrogens with zero attached hydrogens (tertiary/aromatic N) is 1. The number of hydrogen-bond acceptors (Lipinski definition) is 7. The first-order valence-corrected chi connectivity index (χ1v) is 9.51. The van der Waals surface area contributed by atoms with Crippen LogP contribution in [0.5, 0.6) is 11.5 Å². The second kappa shape index (κ2) is 6.78. The van der Waals surface area contributed by atoms with Gasteiger partial charge in [-0.25, -0.2) is 0 Å². The largest absolute Gasteiger partial charge is 0.493 e. The molecule has 2 aliphatic heterocycles. The van der Waals surface area contributed by atoms with Gasteiger partial charge in [0.1, 0.15) is 0 Å². The number of anilines is 1. The van der Waals surface area contributed by atoms with E-state index >= 15 is 0 Å². The van der Waals surface area contributed by atoms with Crippen LogP contribution in [0, 0.1) is 0 Å². The summed E-state index contributed by atoms with van der Waals surface area (Å²) in [6.45, 7) is 3.80. The minimum Gasteiger partial charge on any atom is -0.493 e. The van der Waals surface area contributed by atoms with Crippen molar-refractivity contribution in [3.05, 3.63) is 29.5 Å². The number of ether oxygens (including phenoxy) is 1. The van der Waals surface area contributed by atoms with Gasteiger partial charge in [0, 0.05) is 12.3 Å². The molecule has 0 fully saturated rings. The quantitative estimate of drug-likeness (QED) is 0.449. The SMILES string of the molecule is CCOOc1cc2c(cc1OC)C(=O)N1C=C(C)C[C@H]1C(S(=O)(=O)O)N2. The lowest BCUT2D eigenvalue weighted by molar-refractivity contribution is -0.202. The molecule has 2 aliphatic rings. The Bertz CT molecular complexity index is 866. The number of hydrogen-bond donors (Lipinski definition) is 2. The minimum atomic E-state index is -4.48. The molecule has 1 unspecified atom stereocenters. The molecule has 0 saturated carbocycles. The number of carbonyl (C=O) groups is 1. The summed E-state index contributed by atoms with van der Waals surface area (Å²) in [7, 11) is -3.06. The molecule has 1 aromatic carbocycles. The molecule has 2 N–H and O–H groups in total. The van der Waals surface area contributed by atoms with Crippen molar-refractivity contribution in [3.8, 4) is 11.5 Å². The third-order valence-corrected chi connectivity index (χ3v) is 5.33. The summed E-state index contributed by atoms with van der Waals surface area (Å²) in [5, 5.41) is 1.39. The first-order valence-electron chi connectivity index (χ1n) is 8.00. The number of rotatable bonds is 5. The molecule has 0 spiro atoms. The average Bonchev–Trinajstić information content (AvgIpc) is 2.92. The smallest absolute Gasteiger partial charge is 0.288 e. The minimum absolute atomic E-state index is 0.177. The van der Waals surface area contributed by atoms with Gasteiger partial charge in [-0.1, -0.05) is 5.57 Å². The van der Waals surface area contributed by atoms with Gasteiger partial charge in [0.2, 0.25) is 5.75 Å². The molecule has 0 saturated heterocycles. The molecule has 26 heavy (non-hydrogen) atoms. The summed E-state index contributed by atoms with van der Waals surface area (Å²) >= 11 is 0. The van der Waals surface area contributed by atoms with Crippen molar-refractivity contribution in [2.75, 3.05) is 19.0 Å². The predicted octanol–water partition coefficient (Wildman–Crippen LogP) is 1.78. The van der Waals surface area contributed by atoms with Crippen LogP contribution in [0.4, 0.5) is 5.69 Å². The van der Waals surface area contributed by atoms with Crippen molar-refractivity contribution >= 4 is 21.7 Å². The average molecular weight is 384 g/mol. The second-order valence-corrected chi connectivity index (χ2v) is 7.62. The molecule has 1 amide bonds. The topological polar surface area (TPSA) is 114 Å². The molecule has 142 valence electrons. The molecule has 0 bridgehead atoms. The van der Waals surface area contributed by atoms with Gasteiger partial charge in [-0.2, -0.15) is 13.3 Å². The highest BCUT2D eigenvalue weighted by Crippen LogP contribution is 2.39. The summed E-state index contributed by atoms with van der Waals surface area (Å²) in [6.07, 6.45) is 1.93. The Balaban J connectivity index is 2.14. The summed E-state index contributed by atoms with van der Waals surface area (Å²) in [6, 6.07) is 2.11. The van der Waals surface area contributed by atoms with Crippen molar-refractivity contribution in [3.63, 3.8) is 0 Å². The zero-order valence-electron chi connectivity index (χ0n) is 14.6. The molecular weight excluding hydrogens is 364 g/mol. The maximum Gasteiger partial charge on any atom is 0.288 e. The van der Waals surface area contributed by atoms with E-state index in [1.54, 1.807) is 20.0 Å². The van der Waals surface area contributed by atoms with Crippen LogP contribution in [0.25, 0.3) is 0 Å². The van der Waals surface area contributed by atoms with Gasteiger partial charge in [-0.3, -0.25) is 9.35 Å². The predicted molar refractivity (Wildman–Crippen MR) is 92.5 cm³/mol. The maximum atomic E-state index is 13.0. The number of methoxy groups -OCH3 is 1. The van der Waals surface area contributed by atoms with Gasteiger partial charge in [0.15, 0.2) is 11.1 Å². The molecule has 1 aromatic rings. The van der Waals surface area contributed by atoms with E-state index in [1.165, 1.54) is 24.1 Å². The summed E-state index contributed by atoms with van der Waals surface area (Å²) in [4.78, 5) is 24.3. The summed E-state index contributed by atoms with van der Waals surface area (Å²) in [5.74, 6) is 0.0344. The normalized spacial score (nSPS) is 22.1. The Kier molecular flexibility index (Phi) is 4.82. The fourth-order valence-corrected chi connectivity index (χ4v) is 4.04. The van der Waals surface area contributed by atoms with Crippen molar-refractivity contribution in [2.45, 2.75) is 31.7 Å². The molecule has 2 atom stereocenters. The Morgan fingerprint density at radius 1 is 1.35 bits per heavy atom. The fraction of sp³-hybridized carbons (Fsp3) is 0.438. The molecule has 0 aromatic heterocycles. The number of amides is 1. The molecule has 10 heteroatoms. The van der Waals surface area contributed by atoms with E-state index in [0.717, 1.165) is 5.57 Å². The number of benzene rings is 1. The fourth-order valence-electron chi connectivity index (χ4n) is 3.14. The van der Waals surface area contributed by atoms with Crippen LogP contribution in [0.2, 0.25) is 0 Å². The third kappa shape index (κ3) is 3.22. The second-order valence-electron chi connectivity index (χ2n) is 6.08. The van der Waals surface area contributed by atoms with Gasteiger partial charge in [-0.15, -0.1) is 0 Å².